The Bertz CT molecular complexity index is 284. The second-order valence-corrected chi connectivity index (χ2v) is 6.23. The Labute approximate surface area is 98.0 Å². The van der Waals surface area contributed by atoms with Crippen molar-refractivity contribution in [3.05, 3.63) is 0 Å². The SMILES string of the molecule is CNS(=O)(=O)CCNC1CCC(OC)CC1. The summed E-state index contributed by atoms with van der Waals surface area (Å²) >= 11 is 0. The molecule has 1 fully saturated rings. The van der Waals surface area contributed by atoms with Crippen LogP contribution in [-0.2, 0) is 14.8 Å². The van der Waals surface area contributed by atoms with E-state index in [1.807, 2.05) is 0 Å². The van der Waals surface area contributed by atoms with Gasteiger partial charge in [-0.3, -0.25) is 0 Å². The van der Waals surface area contributed by atoms with Crippen molar-refractivity contribution in [1.29, 1.82) is 0 Å². The first-order valence-corrected chi connectivity index (χ1v) is 7.40. The molecule has 0 aliphatic heterocycles. The molecule has 0 amide bonds. The zero-order valence-electron chi connectivity index (χ0n) is 10.0. The first-order chi connectivity index (χ1) is 7.57. The van der Waals surface area contributed by atoms with E-state index in [4.69, 9.17) is 4.74 Å². The van der Waals surface area contributed by atoms with Gasteiger partial charge in [-0.25, -0.2) is 13.1 Å². The molecule has 1 rings (SSSR count). The summed E-state index contributed by atoms with van der Waals surface area (Å²) in [7, 11) is 0.119. The molecule has 5 nitrogen and oxygen atoms in total. The fraction of sp³-hybridized carbons (Fsp3) is 1.00. The summed E-state index contributed by atoms with van der Waals surface area (Å²) in [6.45, 7) is 0.519. The Morgan fingerprint density at radius 1 is 1.25 bits per heavy atom. The summed E-state index contributed by atoms with van der Waals surface area (Å²) in [5.74, 6) is 0.147. The van der Waals surface area contributed by atoms with E-state index >= 15 is 0 Å². The minimum atomic E-state index is -3.07. The third-order valence-corrected chi connectivity index (χ3v) is 4.49. The Morgan fingerprint density at radius 2 is 1.88 bits per heavy atom. The van der Waals surface area contributed by atoms with Gasteiger partial charge in [-0.15, -0.1) is 0 Å². The molecule has 0 saturated heterocycles. The van der Waals surface area contributed by atoms with Gasteiger partial charge in [0.05, 0.1) is 11.9 Å². The van der Waals surface area contributed by atoms with E-state index in [0.29, 0.717) is 18.7 Å². The standard InChI is InChI=1S/C10H22N2O3S/c1-11-16(13,14)8-7-12-9-3-5-10(15-2)6-4-9/h9-12H,3-8H2,1-2H3. The zero-order valence-corrected chi connectivity index (χ0v) is 10.8. The van der Waals surface area contributed by atoms with Crippen LogP contribution in [0, 0.1) is 0 Å². The first-order valence-electron chi connectivity index (χ1n) is 5.75. The molecule has 1 aliphatic rings. The number of hydrogen-bond acceptors (Lipinski definition) is 4. The van der Waals surface area contributed by atoms with Gasteiger partial charge < -0.3 is 10.1 Å². The number of sulfonamides is 1. The minimum Gasteiger partial charge on any atom is -0.381 e. The lowest BCUT2D eigenvalue weighted by Gasteiger charge is -2.28. The molecule has 1 saturated carbocycles. The van der Waals surface area contributed by atoms with E-state index in [0.717, 1.165) is 25.7 Å². The van der Waals surface area contributed by atoms with Crippen molar-refractivity contribution in [2.45, 2.75) is 37.8 Å². The summed E-state index contributed by atoms with van der Waals surface area (Å²) in [5, 5.41) is 3.28. The second kappa shape index (κ2) is 6.54. The van der Waals surface area contributed by atoms with Crippen molar-refractivity contribution in [3.8, 4) is 0 Å². The molecular weight excluding hydrogens is 228 g/mol. The van der Waals surface area contributed by atoms with Crippen molar-refractivity contribution in [2.75, 3.05) is 26.5 Å². The van der Waals surface area contributed by atoms with Gasteiger partial charge in [-0.2, -0.15) is 0 Å². The molecule has 0 aromatic heterocycles. The predicted octanol–water partition coefficient (Wildman–Crippen LogP) is 0.0828. The van der Waals surface area contributed by atoms with Crippen LogP contribution < -0.4 is 10.0 Å². The largest absolute Gasteiger partial charge is 0.381 e. The summed E-state index contributed by atoms with van der Waals surface area (Å²) in [5.41, 5.74) is 0. The fourth-order valence-electron chi connectivity index (χ4n) is 2.00. The van der Waals surface area contributed by atoms with E-state index in [9.17, 15) is 8.42 Å². The summed E-state index contributed by atoms with van der Waals surface area (Å²) in [4.78, 5) is 0. The van der Waals surface area contributed by atoms with Crippen LogP contribution in [0.2, 0.25) is 0 Å². The van der Waals surface area contributed by atoms with Crippen molar-refractivity contribution in [2.24, 2.45) is 0 Å². The second-order valence-electron chi connectivity index (χ2n) is 4.19. The van der Waals surface area contributed by atoms with Crippen molar-refractivity contribution in [1.82, 2.24) is 10.0 Å². The molecule has 6 heteroatoms. The minimum absolute atomic E-state index is 0.147. The molecular formula is C10H22N2O3S. The molecule has 0 heterocycles. The normalized spacial score (nSPS) is 26.9. The summed E-state index contributed by atoms with van der Waals surface area (Å²) in [6.07, 6.45) is 4.65. The molecule has 0 radical (unpaired) electrons. The van der Waals surface area contributed by atoms with E-state index < -0.39 is 10.0 Å². The number of methoxy groups -OCH3 is 1. The van der Waals surface area contributed by atoms with Crippen molar-refractivity contribution in [3.63, 3.8) is 0 Å². The molecule has 0 bridgehead atoms. The third kappa shape index (κ3) is 4.78. The summed E-state index contributed by atoms with van der Waals surface area (Å²) in [6, 6.07) is 0.443. The predicted molar refractivity (Wildman–Crippen MR) is 63.9 cm³/mol. The van der Waals surface area contributed by atoms with Crippen LogP contribution in [0.1, 0.15) is 25.7 Å². The van der Waals surface area contributed by atoms with E-state index in [2.05, 4.69) is 10.0 Å². The molecule has 0 aromatic rings. The van der Waals surface area contributed by atoms with Gasteiger partial charge in [0, 0.05) is 19.7 Å². The lowest BCUT2D eigenvalue weighted by molar-refractivity contribution is 0.0628. The van der Waals surface area contributed by atoms with Crippen LogP contribution in [0.5, 0.6) is 0 Å². The highest BCUT2D eigenvalue weighted by atomic mass is 32.2. The molecule has 1 aliphatic carbocycles. The van der Waals surface area contributed by atoms with Crippen LogP contribution >= 0.6 is 0 Å². The maximum absolute atomic E-state index is 11.2. The number of rotatable bonds is 6. The highest BCUT2D eigenvalue weighted by molar-refractivity contribution is 7.89. The maximum atomic E-state index is 11.2. The van der Waals surface area contributed by atoms with Crippen LogP contribution in [0.4, 0.5) is 0 Å². The average molecular weight is 250 g/mol. The van der Waals surface area contributed by atoms with E-state index in [1.54, 1.807) is 7.11 Å². The molecule has 0 atom stereocenters. The molecule has 2 N–H and O–H groups in total. The van der Waals surface area contributed by atoms with Crippen LogP contribution in [-0.4, -0.2) is 47.0 Å². The van der Waals surface area contributed by atoms with Crippen LogP contribution in [0.15, 0.2) is 0 Å². The van der Waals surface area contributed by atoms with Crippen LogP contribution in [0.25, 0.3) is 0 Å². The number of hydrogen-bond donors (Lipinski definition) is 2. The Morgan fingerprint density at radius 3 is 2.38 bits per heavy atom. The maximum Gasteiger partial charge on any atom is 0.212 e. The highest BCUT2D eigenvalue weighted by Gasteiger charge is 2.20. The van der Waals surface area contributed by atoms with Crippen LogP contribution in [0.3, 0.4) is 0 Å². The quantitative estimate of drug-likeness (QED) is 0.701. The van der Waals surface area contributed by atoms with E-state index in [-0.39, 0.29) is 5.75 Å². The smallest absolute Gasteiger partial charge is 0.212 e. The fourth-order valence-corrected chi connectivity index (χ4v) is 2.59. The molecule has 0 unspecified atom stereocenters. The first kappa shape index (κ1) is 13.9. The van der Waals surface area contributed by atoms with Crippen molar-refractivity contribution < 1.29 is 13.2 Å². The number of ether oxygens (including phenoxy) is 1. The van der Waals surface area contributed by atoms with Crippen molar-refractivity contribution >= 4 is 10.0 Å². The Hall–Kier alpha value is -0.170. The van der Waals surface area contributed by atoms with Gasteiger partial charge in [0.2, 0.25) is 10.0 Å². The van der Waals surface area contributed by atoms with Gasteiger partial charge in [-0.05, 0) is 32.7 Å². The van der Waals surface area contributed by atoms with E-state index in [1.165, 1.54) is 7.05 Å². The molecule has 16 heavy (non-hydrogen) atoms. The molecule has 96 valence electrons. The zero-order chi connectivity index (χ0) is 12.0. The van der Waals surface area contributed by atoms with Gasteiger partial charge >= 0.3 is 0 Å². The molecule has 0 aromatic carbocycles. The topological polar surface area (TPSA) is 67.4 Å². The lowest BCUT2D eigenvalue weighted by Crippen LogP contribution is -2.38. The Balaban J connectivity index is 2.16. The number of nitrogens with one attached hydrogen (secondary N) is 2. The monoisotopic (exact) mass is 250 g/mol. The van der Waals surface area contributed by atoms with Gasteiger partial charge in [-0.1, -0.05) is 0 Å². The van der Waals surface area contributed by atoms with Gasteiger partial charge in [0.1, 0.15) is 0 Å². The lowest BCUT2D eigenvalue weighted by atomic mass is 9.93. The van der Waals surface area contributed by atoms with Gasteiger partial charge in [0.15, 0.2) is 0 Å². The summed E-state index contributed by atoms with van der Waals surface area (Å²) < 4.78 is 29.9. The molecule has 0 spiro atoms. The van der Waals surface area contributed by atoms with Gasteiger partial charge in [0.25, 0.3) is 0 Å². The third-order valence-electron chi connectivity index (χ3n) is 3.12. The average Bonchev–Trinajstić information content (AvgIpc) is 2.30. The highest BCUT2D eigenvalue weighted by Crippen LogP contribution is 2.20. The Kier molecular flexibility index (Phi) is 5.68.